The van der Waals surface area contributed by atoms with Crippen molar-refractivity contribution < 1.29 is 10.0 Å². The van der Waals surface area contributed by atoms with Crippen LogP contribution in [0, 0.1) is 0 Å². The van der Waals surface area contributed by atoms with Crippen LogP contribution < -0.4 is 5.23 Å². The van der Waals surface area contributed by atoms with Crippen LogP contribution in [0.4, 0.5) is 5.69 Å². The van der Waals surface area contributed by atoms with Crippen molar-refractivity contribution in [3.63, 3.8) is 0 Å². The van der Waals surface area contributed by atoms with Gasteiger partial charge in [-0.3, -0.25) is 5.21 Å². The fourth-order valence-electron chi connectivity index (χ4n) is 0.925. The molecule has 0 heterocycles. The van der Waals surface area contributed by atoms with E-state index in [4.69, 9.17) is 4.84 Å². The number of rotatable bonds is 5. The van der Waals surface area contributed by atoms with Gasteiger partial charge in [0.2, 0.25) is 0 Å². The van der Waals surface area contributed by atoms with Crippen LogP contribution in [0.25, 0.3) is 0 Å². The van der Waals surface area contributed by atoms with Crippen LogP contribution >= 0.6 is 0 Å². The Hall–Kier alpha value is -1.06. The summed E-state index contributed by atoms with van der Waals surface area (Å²) in [5.74, 6) is 0. The van der Waals surface area contributed by atoms with E-state index in [1.807, 2.05) is 18.2 Å². The SMILES string of the molecule is CCCCON(O)c1ccccc1. The molecule has 0 aromatic heterocycles. The summed E-state index contributed by atoms with van der Waals surface area (Å²) in [6.45, 7) is 2.62. The van der Waals surface area contributed by atoms with E-state index < -0.39 is 0 Å². The minimum atomic E-state index is 0.544. The molecule has 3 heteroatoms. The zero-order valence-corrected chi connectivity index (χ0v) is 7.81. The van der Waals surface area contributed by atoms with Crippen LogP contribution in [0.2, 0.25) is 0 Å². The zero-order valence-electron chi connectivity index (χ0n) is 7.81. The Morgan fingerprint density at radius 3 is 2.62 bits per heavy atom. The van der Waals surface area contributed by atoms with Crippen LogP contribution in [0.15, 0.2) is 30.3 Å². The van der Waals surface area contributed by atoms with Crippen LogP contribution in [-0.4, -0.2) is 11.8 Å². The average Bonchev–Trinajstić information content (AvgIpc) is 2.19. The van der Waals surface area contributed by atoms with Gasteiger partial charge in [-0.1, -0.05) is 31.5 Å². The Kier molecular flexibility index (Phi) is 4.29. The maximum absolute atomic E-state index is 9.36. The standard InChI is InChI=1S/C10H15NO2/c1-2-3-9-13-11(12)10-7-5-4-6-8-10/h4-8,12H,2-3,9H2,1H3. The van der Waals surface area contributed by atoms with Crippen molar-refractivity contribution >= 4 is 5.69 Å². The fourth-order valence-corrected chi connectivity index (χ4v) is 0.925. The smallest absolute Gasteiger partial charge is 0.0945 e. The predicted molar refractivity (Wildman–Crippen MR) is 51.6 cm³/mol. The Morgan fingerprint density at radius 2 is 2.00 bits per heavy atom. The first kappa shape index (κ1) is 10.0. The third-order valence-corrected chi connectivity index (χ3v) is 1.69. The summed E-state index contributed by atoms with van der Waals surface area (Å²) >= 11 is 0. The molecule has 0 atom stereocenters. The van der Waals surface area contributed by atoms with Crippen molar-refractivity contribution in [2.75, 3.05) is 11.8 Å². The quantitative estimate of drug-likeness (QED) is 0.560. The molecule has 13 heavy (non-hydrogen) atoms. The summed E-state index contributed by atoms with van der Waals surface area (Å²) < 4.78 is 0. The van der Waals surface area contributed by atoms with Crippen molar-refractivity contribution in [2.24, 2.45) is 0 Å². The van der Waals surface area contributed by atoms with Crippen molar-refractivity contribution in [3.05, 3.63) is 30.3 Å². The average molecular weight is 181 g/mol. The molecule has 0 unspecified atom stereocenters. The summed E-state index contributed by atoms with van der Waals surface area (Å²) in [7, 11) is 0. The largest absolute Gasteiger partial charge is 0.264 e. The summed E-state index contributed by atoms with van der Waals surface area (Å²) in [6.07, 6.45) is 2.01. The molecule has 0 amide bonds. The van der Waals surface area contributed by atoms with E-state index in [2.05, 4.69) is 6.92 Å². The van der Waals surface area contributed by atoms with E-state index >= 15 is 0 Å². The fraction of sp³-hybridized carbons (Fsp3) is 0.400. The van der Waals surface area contributed by atoms with E-state index in [0.717, 1.165) is 18.1 Å². The molecule has 0 saturated heterocycles. The number of anilines is 1. The lowest BCUT2D eigenvalue weighted by molar-refractivity contribution is -0.0419. The lowest BCUT2D eigenvalue weighted by atomic mass is 10.3. The van der Waals surface area contributed by atoms with Gasteiger partial charge in [-0.15, -0.1) is 5.23 Å². The van der Waals surface area contributed by atoms with Crippen LogP contribution in [0.3, 0.4) is 0 Å². The molecule has 72 valence electrons. The molecule has 0 radical (unpaired) electrons. The summed E-state index contributed by atoms with van der Waals surface area (Å²) in [5.41, 5.74) is 0.651. The zero-order chi connectivity index (χ0) is 9.52. The summed E-state index contributed by atoms with van der Waals surface area (Å²) in [5, 5.41) is 10.2. The highest BCUT2D eigenvalue weighted by atomic mass is 16.9. The van der Waals surface area contributed by atoms with Crippen molar-refractivity contribution in [3.8, 4) is 0 Å². The first-order valence-corrected chi connectivity index (χ1v) is 4.51. The molecule has 0 aliphatic heterocycles. The number of benzene rings is 1. The molecule has 0 bridgehead atoms. The molecular formula is C10H15NO2. The van der Waals surface area contributed by atoms with Gasteiger partial charge in [0.1, 0.15) is 0 Å². The molecule has 0 fully saturated rings. The van der Waals surface area contributed by atoms with Gasteiger partial charge in [0, 0.05) is 0 Å². The van der Waals surface area contributed by atoms with E-state index in [1.54, 1.807) is 12.1 Å². The molecule has 3 nitrogen and oxygen atoms in total. The van der Waals surface area contributed by atoms with Gasteiger partial charge >= 0.3 is 0 Å². The number of unbranched alkanes of at least 4 members (excludes halogenated alkanes) is 1. The second-order valence-electron chi connectivity index (χ2n) is 2.80. The van der Waals surface area contributed by atoms with E-state index in [9.17, 15) is 5.21 Å². The van der Waals surface area contributed by atoms with Gasteiger partial charge in [-0.2, -0.15) is 0 Å². The predicted octanol–water partition coefficient (Wildman–Crippen LogP) is 2.61. The first-order chi connectivity index (χ1) is 6.34. The van der Waals surface area contributed by atoms with Gasteiger partial charge < -0.3 is 0 Å². The van der Waals surface area contributed by atoms with Crippen molar-refractivity contribution in [1.29, 1.82) is 0 Å². The molecular weight excluding hydrogens is 166 g/mol. The lowest BCUT2D eigenvalue weighted by Gasteiger charge is -2.15. The highest BCUT2D eigenvalue weighted by Gasteiger charge is 2.00. The topological polar surface area (TPSA) is 32.7 Å². The highest BCUT2D eigenvalue weighted by molar-refractivity contribution is 5.40. The van der Waals surface area contributed by atoms with Gasteiger partial charge in [0.25, 0.3) is 0 Å². The second kappa shape index (κ2) is 5.56. The molecule has 0 saturated carbocycles. The first-order valence-electron chi connectivity index (χ1n) is 4.51. The van der Waals surface area contributed by atoms with Crippen LogP contribution in [0.5, 0.6) is 0 Å². The summed E-state index contributed by atoms with van der Waals surface area (Å²) in [4.78, 5) is 5.06. The van der Waals surface area contributed by atoms with E-state index in [-0.39, 0.29) is 0 Å². The molecule has 0 aliphatic rings. The minimum absolute atomic E-state index is 0.544. The Labute approximate surface area is 78.5 Å². The Morgan fingerprint density at radius 1 is 1.31 bits per heavy atom. The third kappa shape index (κ3) is 3.44. The maximum Gasteiger partial charge on any atom is 0.0945 e. The highest BCUT2D eigenvalue weighted by Crippen LogP contribution is 2.10. The molecule has 1 N–H and O–H groups in total. The number of hydrogen-bond donors (Lipinski definition) is 1. The van der Waals surface area contributed by atoms with Crippen LogP contribution in [0.1, 0.15) is 19.8 Å². The maximum atomic E-state index is 9.36. The number of para-hydroxylation sites is 1. The molecule has 1 aromatic carbocycles. The van der Waals surface area contributed by atoms with E-state index in [0.29, 0.717) is 12.3 Å². The monoisotopic (exact) mass is 181 g/mol. The van der Waals surface area contributed by atoms with Gasteiger partial charge in [0.15, 0.2) is 0 Å². The van der Waals surface area contributed by atoms with Gasteiger partial charge in [-0.25, -0.2) is 4.84 Å². The molecule has 0 aliphatic carbocycles. The van der Waals surface area contributed by atoms with E-state index in [1.165, 1.54) is 0 Å². The van der Waals surface area contributed by atoms with Gasteiger partial charge in [-0.05, 0) is 18.6 Å². The van der Waals surface area contributed by atoms with Crippen LogP contribution in [-0.2, 0) is 4.84 Å². The minimum Gasteiger partial charge on any atom is -0.264 e. The summed E-state index contributed by atoms with van der Waals surface area (Å²) in [6, 6.07) is 9.16. The third-order valence-electron chi connectivity index (χ3n) is 1.69. The number of hydrogen-bond acceptors (Lipinski definition) is 3. The van der Waals surface area contributed by atoms with Crippen molar-refractivity contribution in [1.82, 2.24) is 0 Å². The lowest BCUT2D eigenvalue weighted by Crippen LogP contribution is -2.18. The Balaban J connectivity index is 2.35. The van der Waals surface area contributed by atoms with Gasteiger partial charge in [0.05, 0.1) is 12.3 Å². The molecule has 0 spiro atoms. The molecule has 1 aromatic rings. The molecule has 1 rings (SSSR count). The number of nitrogens with zero attached hydrogens (tertiary/aromatic N) is 1. The second-order valence-corrected chi connectivity index (χ2v) is 2.80. The van der Waals surface area contributed by atoms with Crippen molar-refractivity contribution in [2.45, 2.75) is 19.8 Å². The Bertz CT molecular complexity index is 226. The normalized spacial score (nSPS) is 10.0.